The zero-order valence-electron chi connectivity index (χ0n) is 15.8. The number of nitrogens with zero attached hydrogens (tertiary/aromatic N) is 1. The van der Waals surface area contributed by atoms with Crippen molar-refractivity contribution in [2.45, 2.75) is 27.7 Å². The van der Waals surface area contributed by atoms with Crippen molar-refractivity contribution < 1.29 is 9.53 Å². The van der Waals surface area contributed by atoms with Gasteiger partial charge >= 0.3 is 0 Å². The predicted octanol–water partition coefficient (Wildman–Crippen LogP) is 3.87. The number of aryl methyl sites for hydroxylation is 4. The van der Waals surface area contributed by atoms with Crippen molar-refractivity contribution in [2.75, 3.05) is 32.1 Å². The Bertz CT molecular complexity index is 700. The van der Waals surface area contributed by atoms with Crippen LogP contribution in [0.2, 0.25) is 0 Å². The van der Waals surface area contributed by atoms with E-state index in [0.717, 1.165) is 33.7 Å². The highest BCUT2D eigenvalue weighted by atomic mass is 16.5. The van der Waals surface area contributed by atoms with E-state index in [4.69, 9.17) is 4.74 Å². The fourth-order valence-corrected chi connectivity index (χ4v) is 2.85. The minimum Gasteiger partial charge on any atom is -0.492 e. The second kappa shape index (κ2) is 8.67. The van der Waals surface area contributed by atoms with Gasteiger partial charge in [-0.05, 0) is 57.0 Å². The maximum Gasteiger partial charge on any atom is 0.238 e. The lowest BCUT2D eigenvalue weighted by molar-refractivity contribution is -0.117. The molecule has 4 heteroatoms. The molecule has 0 aromatic heterocycles. The maximum absolute atomic E-state index is 12.3. The zero-order valence-corrected chi connectivity index (χ0v) is 15.8. The van der Waals surface area contributed by atoms with Crippen LogP contribution in [0.15, 0.2) is 36.4 Å². The van der Waals surface area contributed by atoms with Crippen LogP contribution in [0, 0.1) is 27.7 Å². The van der Waals surface area contributed by atoms with E-state index in [1.165, 1.54) is 0 Å². The summed E-state index contributed by atoms with van der Waals surface area (Å²) >= 11 is 0. The standard InChI is InChI=1S/C21H28N2O2/c1-15-8-6-9-16(2)20(15)22-19(24)14-23(5)12-13-25-21-17(3)10-7-11-18(21)4/h6-11H,12-14H2,1-5H3,(H,22,24). The molecule has 1 amide bonds. The van der Waals surface area contributed by atoms with Crippen LogP contribution in [0.4, 0.5) is 5.69 Å². The Morgan fingerprint density at radius 2 is 1.48 bits per heavy atom. The molecule has 0 spiro atoms. The summed E-state index contributed by atoms with van der Waals surface area (Å²) in [5.41, 5.74) is 5.34. The molecule has 0 bridgehead atoms. The van der Waals surface area contributed by atoms with Gasteiger partial charge in [-0.3, -0.25) is 9.69 Å². The van der Waals surface area contributed by atoms with Crippen molar-refractivity contribution in [3.05, 3.63) is 58.7 Å². The quantitative estimate of drug-likeness (QED) is 0.832. The van der Waals surface area contributed by atoms with Crippen LogP contribution < -0.4 is 10.1 Å². The van der Waals surface area contributed by atoms with Crippen LogP contribution in [0.25, 0.3) is 0 Å². The number of carbonyl (C=O) groups excluding carboxylic acids is 1. The molecule has 0 saturated heterocycles. The Hall–Kier alpha value is -2.33. The number of amides is 1. The highest BCUT2D eigenvalue weighted by Crippen LogP contribution is 2.22. The number of benzene rings is 2. The van der Waals surface area contributed by atoms with E-state index in [9.17, 15) is 4.79 Å². The van der Waals surface area contributed by atoms with Crippen molar-refractivity contribution in [3.8, 4) is 5.75 Å². The molecule has 0 heterocycles. The number of para-hydroxylation sites is 2. The van der Waals surface area contributed by atoms with E-state index in [0.29, 0.717) is 19.7 Å². The van der Waals surface area contributed by atoms with Gasteiger partial charge in [0.05, 0.1) is 6.54 Å². The summed E-state index contributed by atoms with van der Waals surface area (Å²) in [5.74, 6) is 0.933. The summed E-state index contributed by atoms with van der Waals surface area (Å²) in [7, 11) is 1.93. The highest BCUT2D eigenvalue weighted by Gasteiger charge is 2.10. The largest absolute Gasteiger partial charge is 0.492 e. The SMILES string of the molecule is Cc1cccc(C)c1NC(=O)CN(C)CCOc1c(C)cccc1C. The summed E-state index contributed by atoms with van der Waals surface area (Å²) < 4.78 is 5.90. The van der Waals surface area contributed by atoms with Gasteiger partial charge in [-0.1, -0.05) is 36.4 Å². The van der Waals surface area contributed by atoms with Gasteiger partial charge in [0.15, 0.2) is 0 Å². The normalized spacial score (nSPS) is 10.8. The van der Waals surface area contributed by atoms with Crippen molar-refractivity contribution in [1.82, 2.24) is 4.90 Å². The fraction of sp³-hybridized carbons (Fsp3) is 0.381. The number of nitrogens with one attached hydrogen (secondary N) is 1. The Morgan fingerprint density at radius 1 is 0.960 bits per heavy atom. The van der Waals surface area contributed by atoms with E-state index in [1.807, 2.05) is 76.0 Å². The lowest BCUT2D eigenvalue weighted by Crippen LogP contribution is -2.33. The summed E-state index contributed by atoms with van der Waals surface area (Å²) in [6, 6.07) is 12.1. The monoisotopic (exact) mass is 340 g/mol. The third-order valence-electron chi connectivity index (χ3n) is 4.29. The number of carbonyl (C=O) groups is 1. The molecule has 2 aromatic carbocycles. The molecule has 2 rings (SSSR count). The molecule has 0 radical (unpaired) electrons. The molecule has 25 heavy (non-hydrogen) atoms. The van der Waals surface area contributed by atoms with Gasteiger partial charge in [-0.15, -0.1) is 0 Å². The van der Waals surface area contributed by atoms with Crippen LogP contribution >= 0.6 is 0 Å². The average molecular weight is 340 g/mol. The highest BCUT2D eigenvalue weighted by molar-refractivity contribution is 5.93. The number of hydrogen-bond donors (Lipinski definition) is 1. The molecule has 4 nitrogen and oxygen atoms in total. The molecule has 0 fully saturated rings. The van der Waals surface area contributed by atoms with Crippen molar-refractivity contribution in [1.29, 1.82) is 0 Å². The van der Waals surface area contributed by atoms with Gasteiger partial charge in [-0.2, -0.15) is 0 Å². The van der Waals surface area contributed by atoms with E-state index in [2.05, 4.69) is 5.32 Å². The Balaban J connectivity index is 1.82. The van der Waals surface area contributed by atoms with Crippen molar-refractivity contribution in [2.24, 2.45) is 0 Å². The number of rotatable bonds is 7. The van der Waals surface area contributed by atoms with Crippen LogP contribution in [0.3, 0.4) is 0 Å². The lowest BCUT2D eigenvalue weighted by atomic mass is 10.1. The first kappa shape index (κ1) is 19.0. The second-order valence-corrected chi connectivity index (χ2v) is 6.62. The molecule has 0 atom stereocenters. The Morgan fingerprint density at radius 3 is 2.04 bits per heavy atom. The first-order chi connectivity index (χ1) is 11.9. The molecular formula is C21H28N2O2. The van der Waals surface area contributed by atoms with Gasteiger partial charge < -0.3 is 10.1 Å². The van der Waals surface area contributed by atoms with E-state index < -0.39 is 0 Å². The molecule has 0 aliphatic heterocycles. The van der Waals surface area contributed by atoms with Gasteiger partial charge in [-0.25, -0.2) is 0 Å². The Labute approximate surface area is 150 Å². The Kier molecular flexibility index (Phi) is 6.59. The lowest BCUT2D eigenvalue weighted by Gasteiger charge is -2.19. The minimum absolute atomic E-state index is 0.00743. The molecule has 2 aromatic rings. The molecule has 0 aliphatic rings. The topological polar surface area (TPSA) is 41.6 Å². The van der Waals surface area contributed by atoms with Crippen LogP contribution in [-0.2, 0) is 4.79 Å². The third-order valence-corrected chi connectivity index (χ3v) is 4.29. The summed E-state index contributed by atoms with van der Waals surface area (Å²) in [5, 5.41) is 3.01. The van der Waals surface area contributed by atoms with Gasteiger partial charge in [0.25, 0.3) is 0 Å². The van der Waals surface area contributed by atoms with E-state index in [1.54, 1.807) is 0 Å². The molecule has 0 saturated carbocycles. The van der Waals surface area contributed by atoms with Crippen LogP contribution in [0.1, 0.15) is 22.3 Å². The zero-order chi connectivity index (χ0) is 18.4. The first-order valence-corrected chi connectivity index (χ1v) is 8.62. The van der Waals surface area contributed by atoms with Gasteiger partial charge in [0.2, 0.25) is 5.91 Å². The maximum atomic E-state index is 12.3. The molecule has 1 N–H and O–H groups in total. The number of ether oxygens (including phenoxy) is 1. The van der Waals surface area contributed by atoms with Crippen LogP contribution in [0.5, 0.6) is 5.75 Å². The van der Waals surface area contributed by atoms with Crippen molar-refractivity contribution in [3.63, 3.8) is 0 Å². The molecular weight excluding hydrogens is 312 g/mol. The second-order valence-electron chi connectivity index (χ2n) is 6.62. The van der Waals surface area contributed by atoms with Crippen LogP contribution in [-0.4, -0.2) is 37.6 Å². The molecule has 0 aliphatic carbocycles. The third kappa shape index (κ3) is 5.33. The molecule has 0 unspecified atom stereocenters. The fourth-order valence-electron chi connectivity index (χ4n) is 2.85. The minimum atomic E-state index is -0.00743. The smallest absolute Gasteiger partial charge is 0.238 e. The van der Waals surface area contributed by atoms with Gasteiger partial charge in [0.1, 0.15) is 12.4 Å². The number of anilines is 1. The van der Waals surface area contributed by atoms with E-state index >= 15 is 0 Å². The van der Waals surface area contributed by atoms with Gasteiger partial charge in [0, 0.05) is 12.2 Å². The summed E-state index contributed by atoms with van der Waals surface area (Å²) in [4.78, 5) is 14.2. The number of likely N-dealkylation sites (N-methyl/N-ethyl adjacent to an activating group) is 1. The molecule has 134 valence electrons. The average Bonchev–Trinajstić information content (AvgIpc) is 2.54. The van der Waals surface area contributed by atoms with Crippen molar-refractivity contribution >= 4 is 11.6 Å². The van der Waals surface area contributed by atoms with E-state index in [-0.39, 0.29) is 5.91 Å². The summed E-state index contributed by atoms with van der Waals surface area (Å²) in [6.07, 6.45) is 0. The summed E-state index contributed by atoms with van der Waals surface area (Å²) in [6.45, 7) is 9.68. The number of hydrogen-bond acceptors (Lipinski definition) is 3. The predicted molar refractivity (Wildman–Crippen MR) is 103 cm³/mol. The first-order valence-electron chi connectivity index (χ1n) is 8.62.